The van der Waals surface area contributed by atoms with Crippen LogP contribution in [0.1, 0.15) is 0 Å². The van der Waals surface area contributed by atoms with Crippen LogP contribution < -0.4 is 15.0 Å². The van der Waals surface area contributed by atoms with Gasteiger partial charge in [-0.05, 0) is 24.3 Å². The molecule has 0 aliphatic carbocycles. The minimum Gasteiger partial charge on any atom is -0.497 e. The Morgan fingerprint density at radius 2 is 1.96 bits per heavy atom. The van der Waals surface area contributed by atoms with Crippen molar-refractivity contribution in [2.24, 2.45) is 0 Å². The first-order chi connectivity index (χ1) is 13.1. The van der Waals surface area contributed by atoms with Crippen LogP contribution in [-0.4, -0.2) is 60.7 Å². The minimum atomic E-state index is -0.466. The van der Waals surface area contributed by atoms with E-state index in [-0.39, 0.29) is 17.5 Å². The van der Waals surface area contributed by atoms with Crippen molar-refractivity contribution >= 4 is 11.8 Å². The van der Waals surface area contributed by atoms with Gasteiger partial charge in [0.1, 0.15) is 17.8 Å². The Hall–Kier alpha value is -3.16. The number of anilines is 1. The highest BCUT2D eigenvalue weighted by Gasteiger charge is 2.25. The number of halogens is 1. The minimum absolute atomic E-state index is 0.142. The molecule has 0 radical (unpaired) electrons. The Labute approximate surface area is 157 Å². The highest BCUT2D eigenvalue weighted by molar-refractivity contribution is 5.74. The van der Waals surface area contributed by atoms with Crippen molar-refractivity contribution in [2.75, 3.05) is 44.7 Å². The summed E-state index contributed by atoms with van der Waals surface area (Å²) >= 11 is 0. The van der Waals surface area contributed by atoms with E-state index in [2.05, 4.69) is 21.9 Å². The van der Waals surface area contributed by atoms with Gasteiger partial charge < -0.3 is 19.9 Å². The first kappa shape index (κ1) is 18.6. The normalized spacial score (nSPS) is 14.0. The fraction of sp³-hybridized carbons (Fsp3) is 0.316. The summed E-state index contributed by atoms with van der Waals surface area (Å²) in [7, 11) is 1.58. The summed E-state index contributed by atoms with van der Waals surface area (Å²) in [5, 5.41) is 2.75. The predicted molar refractivity (Wildman–Crippen MR) is 101 cm³/mol. The number of nitrogens with zero attached hydrogens (tertiary/aromatic N) is 4. The van der Waals surface area contributed by atoms with E-state index in [0.717, 1.165) is 0 Å². The number of rotatable bonds is 5. The van der Waals surface area contributed by atoms with Gasteiger partial charge in [0.25, 0.3) is 0 Å². The Kier molecular flexibility index (Phi) is 5.85. The molecule has 2 amide bonds. The number of amides is 2. The van der Waals surface area contributed by atoms with Crippen LogP contribution in [0.2, 0.25) is 0 Å². The maximum Gasteiger partial charge on any atom is 0.317 e. The zero-order valence-electron chi connectivity index (χ0n) is 15.2. The number of carbonyl (C=O) groups excluding carboxylic acids is 1. The van der Waals surface area contributed by atoms with Gasteiger partial charge in [-0.15, -0.1) is 6.58 Å². The maximum absolute atomic E-state index is 15.0. The highest BCUT2D eigenvalue weighted by Crippen LogP contribution is 2.28. The van der Waals surface area contributed by atoms with Gasteiger partial charge in [-0.2, -0.15) is 0 Å². The summed E-state index contributed by atoms with van der Waals surface area (Å²) in [6.07, 6.45) is 2.99. The molecule has 0 saturated carbocycles. The molecule has 0 spiro atoms. The first-order valence-electron chi connectivity index (χ1n) is 8.67. The van der Waals surface area contributed by atoms with Crippen LogP contribution in [0, 0.1) is 5.82 Å². The SMILES string of the molecule is C=CCNC(=O)N1CCN(c2ncnc(-c3ccc(OC)cc3)c2F)CC1. The van der Waals surface area contributed by atoms with Gasteiger partial charge in [-0.1, -0.05) is 6.08 Å². The van der Waals surface area contributed by atoms with Crippen molar-refractivity contribution in [1.29, 1.82) is 0 Å². The van der Waals surface area contributed by atoms with Crippen LogP contribution >= 0.6 is 0 Å². The van der Waals surface area contributed by atoms with Crippen molar-refractivity contribution in [2.45, 2.75) is 0 Å². The first-order valence-corrected chi connectivity index (χ1v) is 8.67. The molecule has 1 N–H and O–H groups in total. The van der Waals surface area contributed by atoms with Crippen molar-refractivity contribution < 1.29 is 13.9 Å². The third-order valence-electron chi connectivity index (χ3n) is 4.40. The molecule has 2 aromatic rings. The van der Waals surface area contributed by atoms with E-state index in [0.29, 0.717) is 44.0 Å². The van der Waals surface area contributed by atoms with Crippen LogP contribution in [0.25, 0.3) is 11.3 Å². The molecule has 1 aromatic heterocycles. The van der Waals surface area contributed by atoms with Gasteiger partial charge >= 0.3 is 6.03 Å². The summed E-state index contributed by atoms with van der Waals surface area (Å²) in [5.41, 5.74) is 0.896. The van der Waals surface area contributed by atoms with Crippen molar-refractivity contribution in [3.05, 3.63) is 49.1 Å². The maximum atomic E-state index is 15.0. The number of benzene rings is 1. The Bertz CT molecular complexity index is 804. The second-order valence-corrected chi connectivity index (χ2v) is 6.04. The van der Waals surface area contributed by atoms with Gasteiger partial charge in [0, 0.05) is 38.3 Å². The summed E-state index contributed by atoms with van der Waals surface area (Å²) < 4.78 is 20.2. The molecule has 8 heteroatoms. The summed E-state index contributed by atoms with van der Waals surface area (Å²) in [6, 6.07) is 6.90. The van der Waals surface area contributed by atoms with E-state index in [9.17, 15) is 4.79 Å². The molecule has 0 bridgehead atoms. The number of ether oxygens (including phenoxy) is 1. The third-order valence-corrected chi connectivity index (χ3v) is 4.40. The molecular weight excluding hydrogens is 349 g/mol. The van der Waals surface area contributed by atoms with Crippen molar-refractivity contribution in [1.82, 2.24) is 20.2 Å². The number of hydrogen-bond donors (Lipinski definition) is 1. The van der Waals surface area contributed by atoms with Crippen LogP contribution in [0.5, 0.6) is 5.75 Å². The lowest BCUT2D eigenvalue weighted by molar-refractivity contribution is 0.195. The molecule has 1 fully saturated rings. The van der Waals surface area contributed by atoms with Crippen molar-refractivity contribution in [3.63, 3.8) is 0 Å². The number of urea groups is 1. The molecular formula is C19H22FN5O2. The van der Waals surface area contributed by atoms with Crippen molar-refractivity contribution in [3.8, 4) is 17.0 Å². The average molecular weight is 371 g/mol. The quantitative estimate of drug-likeness (QED) is 0.817. The van der Waals surface area contributed by atoms with Gasteiger partial charge in [0.2, 0.25) is 0 Å². The lowest BCUT2D eigenvalue weighted by Gasteiger charge is -2.35. The second kappa shape index (κ2) is 8.48. The monoisotopic (exact) mass is 371 g/mol. The topological polar surface area (TPSA) is 70.6 Å². The standard InChI is InChI=1S/C19H22FN5O2/c1-3-8-21-19(26)25-11-9-24(10-12-25)18-16(20)17(22-13-23-18)14-4-6-15(27-2)7-5-14/h3-7,13H,1,8-12H2,2H3,(H,21,26). The number of aromatic nitrogens is 2. The lowest BCUT2D eigenvalue weighted by Crippen LogP contribution is -2.52. The van der Waals surface area contributed by atoms with E-state index in [1.807, 2.05) is 4.90 Å². The number of methoxy groups -OCH3 is 1. The number of piperazine rings is 1. The Balaban J connectivity index is 1.73. The molecule has 0 atom stereocenters. The number of carbonyl (C=O) groups is 1. The molecule has 3 rings (SSSR count). The summed E-state index contributed by atoms with van der Waals surface area (Å²) in [6.45, 7) is 5.97. The lowest BCUT2D eigenvalue weighted by atomic mass is 10.1. The van der Waals surface area contributed by atoms with E-state index in [1.165, 1.54) is 6.33 Å². The zero-order valence-corrected chi connectivity index (χ0v) is 15.2. The second-order valence-electron chi connectivity index (χ2n) is 6.04. The van der Waals surface area contributed by atoms with Gasteiger partial charge in [0.15, 0.2) is 11.6 Å². The molecule has 142 valence electrons. The molecule has 7 nitrogen and oxygen atoms in total. The molecule has 1 aliphatic heterocycles. The number of hydrogen-bond acceptors (Lipinski definition) is 5. The predicted octanol–water partition coefficient (Wildman–Crippen LogP) is 2.31. The van der Waals surface area contributed by atoms with Gasteiger partial charge in [0.05, 0.1) is 7.11 Å². The molecule has 1 aliphatic rings. The zero-order chi connectivity index (χ0) is 19.2. The van der Waals surface area contributed by atoms with E-state index in [4.69, 9.17) is 4.74 Å². The average Bonchev–Trinajstić information content (AvgIpc) is 2.72. The largest absolute Gasteiger partial charge is 0.497 e. The fourth-order valence-electron chi connectivity index (χ4n) is 2.92. The van der Waals surface area contributed by atoms with Crippen LogP contribution in [0.3, 0.4) is 0 Å². The van der Waals surface area contributed by atoms with Crippen LogP contribution in [-0.2, 0) is 0 Å². The van der Waals surface area contributed by atoms with Crippen LogP contribution in [0.15, 0.2) is 43.2 Å². The number of nitrogens with one attached hydrogen (secondary N) is 1. The Morgan fingerprint density at radius 3 is 2.59 bits per heavy atom. The molecule has 0 unspecified atom stereocenters. The summed E-state index contributed by atoms with van der Waals surface area (Å²) in [4.78, 5) is 23.8. The molecule has 27 heavy (non-hydrogen) atoms. The fourth-order valence-corrected chi connectivity index (χ4v) is 2.92. The van der Waals surface area contributed by atoms with E-state index < -0.39 is 5.82 Å². The Morgan fingerprint density at radius 1 is 1.26 bits per heavy atom. The molecule has 1 aromatic carbocycles. The van der Waals surface area contributed by atoms with E-state index in [1.54, 1.807) is 42.4 Å². The highest BCUT2D eigenvalue weighted by atomic mass is 19.1. The molecule has 2 heterocycles. The van der Waals surface area contributed by atoms with Gasteiger partial charge in [-0.3, -0.25) is 0 Å². The molecule has 1 saturated heterocycles. The smallest absolute Gasteiger partial charge is 0.317 e. The third kappa shape index (κ3) is 4.16. The summed E-state index contributed by atoms with van der Waals surface area (Å²) in [5.74, 6) is 0.480. The van der Waals surface area contributed by atoms with Crippen LogP contribution in [0.4, 0.5) is 15.0 Å². The van der Waals surface area contributed by atoms with Gasteiger partial charge in [-0.25, -0.2) is 19.2 Å². The van der Waals surface area contributed by atoms with E-state index >= 15 is 4.39 Å².